The standard InChI is InChI=1S/C11H16N2O3S/c1-2-9-12-8(13-16-9)6-17-7-11(3-4-11)5-10(14)15/h2-7H2,1H3,(H,14,15). The third-order valence-electron chi connectivity index (χ3n) is 2.94. The molecule has 0 bridgehead atoms. The predicted octanol–water partition coefficient (Wildman–Crippen LogP) is 2.12. The van der Waals surface area contributed by atoms with Crippen LogP contribution in [-0.2, 0) is 17.0 Å². The van der Waals surface area contributed by atoms with E-state index in [2.05, 4.69) is 10.1 Å². The van der Waals surface area contributed by atoms with Gasteiger partial charge in [0.15, 0.2) is 5.82 Å². The molecule has 0 aliphatic heterocycles. The molecule has 2 rings (SSSR count). The number of carboxylic acids is 1. The Morgan fingerprint density at radius 2 is 2.35 bits per heavy atom. The van der Waals surface area contributed by atoms with Crippen LogP contribution in [0.3, 0.4) is 0 Å². The molecular weight excluding hydrogens is 240 g/mol. The topological polar surface area (TPSA) is 76.2 Å². The Morgan fingerprint density at radius 1 is 1.59 bits per heavy atom. The van der Waals surface area contributed by atoms with Crippen LogP contribution in [0.15, 0.2) is 4.52 Å². The maximum absolute atomic E-state index is 10.7. The zero-order valence-electron chi connectivity index (χ0n) is 9.81. The number of carboxylic acid groups (broad SMARTS) is 1. The van der Waals surface area contributed by atoms with Crippen LogP contribution < -0.4 is 0 Å². The molecule has 1 aliphatic carbocycles. The minimum atomic E-state index is -0.698. The smallest absolute Gasteiger partial charge is 0.303 e. The van der Waals surface area contributed by atoms with Crippen molar-refractivity contribution in [3.8, 4) is 0 Å². The van der Waals surface area contributed by atoms with Crippen molar-refractivity contribution in [1.29, 1.82) is 0 Å². The fourth-order valence-electron chi connectivity index (χ4n) is 1.72. The van der Waals surface area contributed by atoms with Crippen molar-refractivity contribution >= 4 is 17.7 Å². The second-order valence-electron chi connectivity index (χ2n) is 4.52. The van der Waals surface area contributed by atoms with Gasteiger partial charge in [0.2, 0.25) is 5.89 Å². The molecule has 1 aromatic rings. The molecule has 0 amide bonds. The zero-order chi connectivity index (χ0) is 12.3. The van der Waals surface area contributed by atoms with Crippen molar-refractivity contribution in [1.82, 2.24) is 10.1 Å². The molecule has 1 saturated carbocycles. The number of nitrogens with zero attached hydrogens (tertiary/aromatic N) is 2. The molecule has 94 valence electrons. The molecule has 1 heterocycles. The van der Waals surface area contributed by atoms with Crippen LogP contribution in [0.25, 0.3) is 0 Å². The highest BCUT2D eigenvalue weighted by Gasteiger charge is 2.44. The average Bonchev–Trinajstić information content (AvgIpc) is 2.87. The van der Waals surface area contributed by atoms with E-state index in [9.17, 15) is 4.79 Å². The number of hydrogen-bond donors (Lipinski definition) is 1. The predicted molar refractivity (Wildman–Crippen MR) is 63.8 cm³/mol. The number of thioether (sulfide) groups is 1. The molecule has 0 spiro atoms. The summed E-state index contributed by atoms with van der Waals surface area (Å²) in [5.74, 6) is 2.24. The number of rotatable bonds is 7. The number of aromatic nitrogens is 2. The third kappa shape index (κ3) is 3.46. The Labute approximate surface area is 104 Å². The fraction of sp³-hybridized carbons (Fsp3) is 0.727. The lowest BCUT2D eigenvalue weighted by atomic mass is 10.1. The number of hydrogen-bond acceptors (Lipinski definition) is 5. The minimum absolute atomic E-state index is 0.0355. The van der Waals surface area contributed by atoms with E-state index >= 15 is 0 Å². The summed E-state index contributed by atoms with van der Waals surface area (Å²) in [6.07, 6.45) is 3.09. The number of aliphatic carboxylic acids is 1. The summed E-state index contributed by atoms with van der Waals surface area (Å²) in [4.78, 5) is 14.9. The summed E-state index contributed by atoms with van der Waals surface area (Å²) in [6.45, 7) is 1.97. The third-order valence-corrected chi connectivity index (χ3v) is 4.21. The van der Waals surface area contributed by atoms with Gasteiger partial charge in [-0.15, -0.1) is 0 Å². The molecule has 5 nitrogen and oxygen atoms in total. The van der Waals surface area contributed by atoms with Crippen LogP contribution in [0.2, 0.25) is 0 Å². The highest BCUT2D eigenvalue weighted by Crippen LogP contribution is 2.51. The summed E-state index contributed by atoms with van der Waals surface area (Å²) in [6, 6.07) is 0. The molecule has 1 aromatic heterocycles. The zero-order valence-corrected chi connectivity index (χ0v) is 10.6. The molecule has 1 fully saturated rings. The van der Waals surface area contributed by atoms with E-state index in [-0.39, 0.29) is 11.8 Å². The Bertz CT molecular complexity index is 401. The first-order valence-corrected chi connectivity index (χ1v) is 6.90. The minimum Gasteiger partial charge on any atom is -0.481 e. The van der Waals surface area contributed by atoms with Crippen LogP contribution >= 0.6 is 11.8 Å². The van der Waals surface area contributed by atoms with Crippen molar-refractivity contribution in [3.63, 3.8) is 0 Å². The van der Waals surface area contributed by atoms with E-state index in [0.29, 0.717) is 17.5 Å². The van der Waals surface area contributed by atoms with Gasteiger partial charge in [-0.25, -0.2) is 0 Å². The lowest BCUT2D eigenvalue weighted by Crippen LogP contribution is -2.11. The molecule has 0 unspecified atom stereocenters. The summed E-state index contributed by atoms with van der Waals surface area (Å²) in [5, 5.41) is 12.7. The summed E-state index contributed by atoms with van der Waals surface area (Å²) in [5.41, 5.74) is 0.0355. The first-order valence-electron chi connectivity index (χ1n) is 5.74. The van der Waals surface area contributed by atoms with E-state index in [4.69, 9.17) is 9.63 Å². The Kier molecular flexibility index (Phi) is 3.71. The molecule has 6 heteroatoms. The van der Waals surface area contributed by atoms with Gasteiger partial charge in [0.05, 0.1) is 12.2 Å². The van der Waals surface area contributed by atoms with Gasteiger partial charge in [0.25, 0.3) is 0 Å². The average molecular weight is 256 g/mol. The monoisotopic (exact) mass is 256 g/mol. The van der Waals surface area contributed by atoms with Gasteiger partial charge in [-0.05, 0) is 24.0 Å². The van der Waals surface area contributed by atoms with E-state index in [1.54, 1.807) is 11.8 Å². The maximum Gasteiger partial charge on any atom is 0.303 e. The lowest BCUT2D eigenvalue weighted by Gasteiger charge is -2.10. The van der Waals surface area contributed by atoms with E-state index in [1.165, 1.54) is 0 Å². The quantitative estimate of drug-likeness (QED) is 0.805. The largest absolute Gasteiger partial charge is 0.481 e. The van der Waals surface area contributed by atoms with Crippen molar-refractivity contribution in [2.75, 3.05) is 5.75 Å². The normalized spacial score (nSPS) is 17.0. The van der Waals surface area contributed by atoms with Gasteiger partial charge in [0.1, 0.15) is 0 Å². The summed E-state index contributed by atoms with van der Waals surface area (Å²) in [7, 11) is 0. The van der Waals surface area contributed by atoms with E-state index in [0.717, 1.165) is 25.0 Å². The maximum atomic E-state index is 10.7. The molecule has 0 aromatic carbocycles. The van der Waals surface area contributed by atoms with Gasteiger partial charge in [-0.3, -0.25) is 4.79 Å². The molecule has 1 aliphatic rings. The highest BCUT2D eigenvalue weighted by molar-refractivity contribution is 7.98. The Morgan fingerprint density at radius 3 is 2.88 bits per heavy atom. The van der Waals surface area contributed by atoms with Gasteiger partial charge in [-0.1, -0.05) is 12.1 Å². The summed E-state index contributed by atoms with van der Waals surface area (Å²) < 4.78 is 5.01. The van der Waals surface area contributed by atoms with Crippen LogP contribution in [0.4, 0.5) is 0 Å². The molecule has 0 saturated heterocycles. The molecule has 1 N–H and O–H groups in total. The molecular formula is C11H16N2O3S. The van der Waals surface area contributed by atoms with Crippen LogP contribution in [-0.4, -0.2) is 27.0 Å². The molecule has 17 heavy (non-hydrogen) atoms. The van der Waals surface area contributed by atoms with Crippen LogP contribution in [0, 0.1) is 5.41 Å². The van der Waals surface area contributed by atoms with Gasteiger partial charge >= 0.3 is 5.97 Å². The second kappa shape index (κ2) is 5.08. The van der Waals surface area contributed by atoms with Gasteiger partial charge in [-0.2, -0.15) is 16.7 Å². The van der Waals surface area contributed by atoms with Gasteiger partial charge < -0.3 is 9.63 Å². The SMILES string of the molecule is CCc1nc(CSCC2(CC(=O)O)CC2)no1. The van der Waals surface area contributed by atoms with Crippen molar-refractivity contribution < 1.29 is 14.4 Å². The first kappa shape index (κ1) is 12.4. The van der Waals surface area contributed by atoms with Crippen LogP contribution in [0.1, 0.15) is 37.9 Å². The molecule has 0 atom stereocenters. The second-order valence-corrected chi connectivity index (χ2v) is 5.51. The van der Waals surface area contributed by atoms with E-state index in [1.807, 2.05) is 6.92 Å². The van der Waals surface area contributed by atoms with Crippen molar-refractivity contribution in [2.24, 2.45) is 5.41 Å². The van der Waals surface area contributed by atoms with Crippen molar-refractivity contribution in [3.05, 3.63) is 11.7 Å². The van der Waals surface area contributed by atoms with Crippen LogP contribution in [0.5, 0.6) is 0 Å². The Balaban J connectivity index is 1.74. The van der Waals surface area contributed by atoms with E-state index < -0.39 is 5.97 Å². The fourth-order valence-corrected chi connectivity index (χ4v) is 2.95. The summed E-state index contributed by atoms with van der Waals surface area (Å²) >= 11 is 1.69. The van der Waals surface area contributed by atoms with Gasteiger partial charge in [0, 0.05) is 6.42 Å². The highest BCUT2D eigenvalue weighted by atomic mass is 32.2. The molecule has 0 radical (unpaired) electrons. The number of carbonyl (C=O) groups is 1. The van der Waals surface area contributed by atoms with Crippen molar-refractivity contribution in [2.45, 2.75) is 38.4 Å². The Hall–Kier alpha value is -1.04. The first-order chi connectivity index (χ1) is 8.13. The number of aryl methyl sites for hydroxylation is 1. The lowest BCUT2D eigenvalue weighted by molar-refractivity contribution is -0.138.